The highest BCUT2D eigenvalue weighted by molar-refractivity contribution is 5.04. The van der Waals surface area contributed by atoms with E-state index in [4.69, 9.17) is 14.9 Å². The molecule has 3 heteroatoms. The van der Waals surface area contributed by atoms with Crippen molar-refractivity contribution in [1.82, 2.24) is 0 Å². The minimum Gasteiger partial charge on any atom is -0.467 e. The van der Waals surface area contributed by atoms with Gasteiger partial charge in [0.05, 0.1) is 6.26 Å². The van der Waals surface area contributed by atoms with Crippen LogP contribution in [0.15, 0.2) is 22.8 Å². The second-order valence-electron chi connectivity index (χ2n) is 4.70. The normalized spacial score (nSPS) is 15.3. The van der Waals surface area contributed by atoms with Gasteiger partial charge in [-0.15, -0.1) is 0 Å². The molecule has 1 rings (SSSR count). The van der Waals surface area contributed by atoms with Crippen LogP contribution in [-0.2, 0) is 4.74 Å². The molecule has 0 amide bonds. The monoisotopic (exact) mass is 225 g/mol. The molecule has 0 spiro atoms. The second kappa shape index (κ2) is 6.71. The third-order valence-corrected chi connectivity index (χ3v) is 2.52. The Kier molecular flexibility index (Phi) is 5.56. The van der Waals surface area contributed by atoms with Crippen molar-refractivity contribution in [3.63, 3.8) is 0 Å². The highest BCUT2D eigenvalue weighted by Gasteiger charge is 2.19. The van der Waals surface area contributed by atoms with Gasteiger partial charge in [0.25, 0.3) is 0 Å². The Balaban J connectivity index is 2.35. The summed E-state index contributed by atoms with van der Waals surface area (Å²) in [6.45, 7) is 7.12. The van der Waals surface area contributed by atoms with E-state index in [2.05, 4.69) is 13.8 Å². The predicted molar refractivity (Wildman–Crippen MR) is 65.1 cm³/mol. The van der Waals surface area contributed by atoms with Crippen molar-refractivity contribution >= 4 is 0 Å². The molecule has 92 valence electrons. The van der Waals surface area contributed by atoms with Crippen LogP contribution in [-0.4, -0.2) is 12.6 Å². The molecule has 3 nitrogen and oxygen atoms in total. The SMILES string of the molecule is CC(C)CCCOC(c1ccco1)C(C)N. The fraction of sp³-hybridized carbons (Fsp3) is 0.692. The van der Waals surface area contributed by atoms with Crippen LogP contribution in [0.1, 0.15) is 45.5 Å². The zero-order valence-electron chi connectivity index (χ0n) is 10.5. The average Bonchev–Trinajstić information content (AvgIpc) is 2.69. The first kappa shape index (κ1) is 13.3. The lowest BCUT2D eigenvalue weighted by Crippen LogP contribution is -2.27. The summed E-state index contributed by atoms with van der Waals surface area (Å²) in [6.07, 6.45) is 3.79. The van der Waals surface area contributed by atoms with Gasteiger partial charge in [-0.3, -0.25) is 0 Å². The van der Waals surface area contributed by atoms with Gasteiger partial charge in [-0.25, -0.2) is 0 Å². The van der Waals surface area contributed by atoms with E-state index in [-0.39, 0.29) is 12.1 Å². The van der Waals surface area contributed by atoms with Gasteiger partial charge in [0.15, 0.2) is 0 Å². The Morgan fingerprint density at radius 3 is 2.62 bits per heavy atom. The molecule has 2 N–H and O–H groups in total. The van der Waals surface area contributed by atoms with Gasteiger partial charge in [-0.2, -0.15) is 0 Å². The van der Waals surface area contributed by atoms with Crippen LogP contribution in [0.4, 0.5) is 0 Å². The van der Waals surface area contributed by atoms with Gasteiger partial charge in [0, 0.05) is 12.6 Å². The first-order valence-corrected chi connectivity index (χ1v) is 6.02. The summed E-state index contributed by atoms with van der Waals surface area (Å²) >= 11 is 0. The smallest absolute Gasteiger partial charge is 0.134 e. The van der Waals surface area contributed by atoms with Gasteiger partial charge >= 0.3 is 0 Å². The first-order chi connectivity index (χ1) is 7.61. The molecule has 0 bridgehead atoms. The van der Waals surface area contributed by atoms with Crippen LogP contribution in [0, 0.1) is 5.92 Å². The number of rotatable bonds is 7. The summed E-state index contributed by atoms with van der Waals surface area (Å²) in [7, 11) is 0. The molecule has 0 fully saturated rings. The molecular weight excluding hydrogens is 202 g/mol. The van der Waals surface area contributed by atoms with E-state index in [0.717, 1.165) is 24.7 Å². The predicted octanol–water partition coefficient (Wildman–Crippen LogP) is 3.12. The van der Waals surface area contributed by atoms with E-state index in [9.17, 15) is 0 Å². The van der Waals surface area contributed by atoms with Crippen molar-refractivity contribution in [2.75, 3.05) is 6.61 Å². The van der Waals surface area contributed by atoms with E-state index in [0.29, 0.717) is 0 Å². The maximum absolute atomic E-state index is 5.88. The molecule has 0 radical (unpaired) electrons. The highest BCUT2D eigenvalue weighted by atomic mass is 16.5. The van der Waals surface area contributed by atoms with Crippen LogP contribution in [0.5, 0.6) is 0 Å². The Morgan fingerprint density at radius 1 is 1.38 bits per heavy atom. The molecule has 1 aromatic rings. The zero-order chi connectivity index (χ0) is 12.0. The fourth-order valence-electron chi connectivity index (χ4n) is 1.65. The van der Waals surface area contributed by atoms with Crippen molar-refractivity contribution in [3.8, 4) is 0 Å². The van der Waals surface area contributed by atoms with Crippen molar-refractivity contribution in [2.45, 2.75) is 45.8 Å². The molecular formula is C13H23NO2. The molecule has 1 heterocycles. The molecule has 16 heavy (non-hydrogen) atoms. The second-order valence-corrected chi connectivity index (χ2v) is 4.70. The number of nitrogens with two attached hydrogens (primary N) is 1. The van der Waals surface area contributed by atoms with Crippen LogP contribution in [0.2, 0.25) is 0 Å². The van der Waals surface area contributed by atoms with Crippen LogP contribution < -0.4 is 5.73 Å². The summed E-state index contributed by atoms with van der Waals surface area (Å²) < 4.78 is 11.1. The quantitative estimate of drug-likeness (QED) is 0.725. The molecule has 2 atom stereocenters. The summed E-state index contributed by atoms with van der Waals surface area (Å²) in [5.41, 5.74) is 5.88. The Labute approximate surface area is 98.0 Å². The molecule has 0 aliphatic carbocycles. The number of furan rings is 1. The summed E-state index contributed by atoms with van der Waals surface area (Å²) in [5.74, 6) is 1.54. The summed E-state index contributed by atoms with van der Waals surface area (Å²) in [4.78, 5) is 0. The molecule has 0 aliphatic rings. The molecule has 0 saturated carbocycles. The zero-order valence-corrected chi connectivity index (χ0v) is 10.5. The van der Waals surface area contributed by atoms with Crippen LogP contribution >= 0.6 is 0 Å². The van der Waals surface area contributed by atoms with Crippen molar-refractivity contribution < 1.29 is 9.15 Å². The van der Waals surface area contributed by atoms with Gasteiger partial charge in [0.1, 0.15) is 11.9 Å². The summed E-state index contributed by atoms with van der Waals surface area (Å²) in [5, 5.41) is 0. The van der Waals surface area contributed by atoms with Gasteiger partial charge in [-0.1, -0.05) is 13.8 Å². The van der Waals surface area contributed by atoms with Crippen LogP contribution in [0.3, 0.4) is 0 Å². The summed E-state index contributed by atoms with van der Waals surface area (Å²) in [6, 6.07) is 3.73. The molecule has 1 aromatic heterocycles. The van der Waals surface area contributed by atoms with Crippen molar-refractivity contribution in [3.05, 3.63) is 24.2 Å². The third-order valence-electron chi connectivity index (χ3n) is 2.52. The number of hydrogen-bond acceptors (Lipinski definition) is 3. The molecule has 0 aromatic carbocycles. The molecule has 2 unspecified atom stereocenters. The van der Waals surface area contributed by atoms with Crippen LogP contribution in [0.25, 0.3) is 0 Å². The highest BCUT2D eigenvalue weighted by Crippen LogP contribution is 2.21. The lowest BCUT2D eigenvalue weighted by Gasteiger charge is -2.19. The number of hydrogen-bond donors (Lipinski definition) is 1. The van der Waals surface area contributed by atoms with Gasteiger partial charge in [0.2, 0.25) is 0 Å². The standard InChI is InChI=1S/C13H23NO2/c1-10(2)6-4-9-16-13(11(3)14)12-7-5-8-15-12/h5,7-8,10-11,13H,4,6,9,14H2,1-3H3. The van der Waals surface area contributed by atoms with E-state index in [1.54, 1.807) is 6.26 Å². The average molecular weight is 225 g/mol. The minimum absolute atomic E-state index is 0.0507. The topological polar surface area (TPSA) is 48.4 Å². The van der Waals surface area contributed by atoms with Gasteiger partial charge < -0.3 is 14.9 Å². The van der Waals surface area contributed by atoms with E-state index in [1.165, 1.54) is 6.42 Å². The number of ether oxygens (including phenoxy) is 1. The minimum atomic E-state index is -0.123. The van der Waals surface area contributed by atoms with Gasteiger partial charge in [-0.05, 0) is 37.8 Å². The van der Waals surface area contributed by atoms with Crippen molar-refractivity contribution in [2.24, 2.45) is 11.7 Å². The molecule has 0 aliphatic heterocycles. The largest absolute Gasteiger partial charge is 0.467 e. The first-order valence-electron chi connectivity index (χ1n) is 6.02. The van der Waals surface area contributed by atoms with E-state index in [1.807, 2.05) is 19.1 Å². The maximum atomic E-state index is 5.88. The van der Waals surface area contributed by atoms with Crippen molar-refractivity contribution in [1.29, 1.82) is 0 Å². The Bertz CT molecular complexity index is 267. The lowest BCUT2D eigenvalue weighted by molar-refractivity contribution is 0.0207. The molecule has 0 saturated heterocycles. The van der Waals surface area contributed by atoms with E-state index >= 15 is 0 Å². The fourth-order valence-corrected chi connectivity index (χ4v) is 1.65. The third kappa shape index (κ3) is 4.37. The van der Waals surface area contributed by atoms with E-state index < -0.39 is 0 Å². The Morgan fingerprint density at radius 2 is 2.12 bits per heavy atom. The maximum Gasteiger partial charge on any atom is 0.134 e. The lowest BCUT2D eigenvalue weighted by atomic mass is 10.1. The Hall–Kier alpha value is -0.800.